The Bertz CT molecular complexity index is 168. The van der Waals surface area contributed by atoms with Gasteiger partial charge in [-0.1, -0.05) is 19.8 Å². The Balaban J connectivity index is 2.01. The van der Waals surface area contributed by atoms with E-state index in [1.165, 1.54) is 38.5 Å². The van der Waals surface area contributed by atoms with E-state index in [-0.39, 0.29) is 0 Å². The summed E-state index contributed by atoms with van der Waals surface area (Å²) in [5.74, 6) is 0.958. The van der Waals surface area contributed by atoms with Crippen molar-refractivity contribution in [1.29, 1.82) is 0 Å². The molecule has 1 saturated carbocycles. The SMILES string of the molecule is CC1CCC2(CCCO[C@@H]2C)CC1. The van der Waals surface area contributed by atoms with Crippen molar-refractivity contribution in [2.45, 2.75) is 58.5 Å². The molecule has 2 aliphatic rings. The molecule has 2 rings (SSSR count). The van der Waals surface area contributed by atoms with Gasteiger partial charge in [0.05, 0.1) is 6.10 Å². The van der Waals surface area contributed by atoms with E-state index in [1.807, 2.05) is 0 Å². The third-order valence-electron chi connectivity index (χ3n) is 4.32. The lowest BCUT2D eigenvalue weighted by atomic mass is 9.65. The maximum absolute atomic E-state index is 5.81. The molecule has 0 aromatic carbocycles. The highest BCUT2D eigenvalue weighted by Gasteiger charge is 2.40. The second kappa shape index (κ2) is 3.61. The van der Waals surface area contributed by atoms with E-state index >= 15 is 0 Å². The fraction of sp³-hybridized carbons (Fsp3) is 1.00. The predicted octanol–water partition coefficient (Wildman–Crippen LogP) is 3.38. The molecule has 1 aliphatic heterocycles. The molecule has 1 aliphatic carbocycles. The standard InChI is InChI=1S/C12H22O/c1-10-4-7-12(8-5-10)6-3-9-13-11(12)2/h10-11H,3-9H2,1-2H3/t10?,11-,12?/m1/s1. The molecule has 0 aromatic heterocycles. The first-order chi connectivity index (χ1) is 6.23. The van der Waals surface area contributed by atoms with Crippen molar-refractivity contribution in [2.75, 3.05) is 6.61 Å². The van der Waals surface area contributed by atoms with E-state index < -0.39 is 0 Å². The number of ether oxygens (including phenoxy) is 1. The largest absolute Gasteiger partial charge is 0.378 e. The lowest BCUT2D eigenvalue weighted by Gasteiger charge is -2.46. The predicted molar refractivity (Wildman–Crippen MR) is 54.7 cm³/mol. The Morgan fingerprint density at radius 1 is 1.08 bits per heavy atom. The zero-order valence-electron chi connectivity index (χ0n) is 9.01. The zero-order valence-corrected chi connectivity index (χ0v) is 9.01. The average Bonchev–Trinajstić information content (AvgIpc) is 2.15. The van der Waals surface area contributed by atoms with Gasteiger partial charge in [0.15, 0.2) is 0 Å². The summed E-state index contributed by atoms with van der Waals surface area (Å²) in [5.41, 5.74) is 0.574. The van der Waals surface area contributed by atoms with Crippen molar-refractivity contribution in [1.82, 2.24) is 0 Å². The highest BCUT2D eigenvalue weighted by atomic mass is 16.5. The summed E-state index contributed by atoms with van der Waals surface area (Å²) in [4.78, 5) is 0. The Morgan fingerprint density at radius 2 is 1.77 bits per heavy atom. The van der Waals surface area contributed by atoms with Gasteiger partial charge in [0.25, 0.3) is 0 Å². The van der Waals surface area contributed by atoms with Gasteiger partial charge in [0.1, 0.15) is 0 Å². The van der Waals surface area contributed by atoms with Crippen molar-refractivity contribution < 1.29 is 4.74 Å². The third kappa shape index (κ3) is 1.76. The lowest BCUT2D eigenvalue weighted by Crippen LogP contribution is -2.41. The first-order valence-electron chi connectivity index (χ1n) is 5.84. The molecule has 2 fully saturated rings. The molecule has 76 valence electrons. The fourth-order valence-electron chi connectivity index (χ4n) is 3.06. The summed E-state index contributed by atoms with van der Waals surface area (Å²) in [5, 5.41) is 0. The van der Waals surface area contributed by atoms with E-state index in [2.05, 4.69) is 13.8 Å². The number of hydrogen-bond acceptors (Lipinski definition) is 1. The van der Waals surface area contributed by atoms with Crippen LogP contribution in [-0.4, -0.2) is 12.7 Å². The van der Waals surface area contributed by atoms with E-state index in [0.717, 1.165) is 12.5 Å². The van der Waals surface area contributed by atoms with Gasteiger partial charge < -0.3 is 4.74 Å². The molecule has 0 aromatic rings. The molecule has 0 amide bonds. The third-order valence-corrected chi connectivity index (χ3v) is 4.32. The van der Waals surface area contributed by atoms with Crippen molar-refractivity contribution in [3.63, 3.8) is 0 Å². The fourth-order valence-corrected chi connectivity index (χ4v) is 3.06. The average molecular weight is 182 g/mol. The van der Waals surface area contributed by atoms with Crippen LogP contribution < -0.4 is 0 Å². The van der Waals surface area contributed by atoms with Gasteiger partial charge in [0.2, 0.25) is 0 Å². The Hall–Kier alpha value is -0.0400. The highest BCUT2D eigenvalue weighted by Crippen LogP contribution is 2.47. The molecular weight excluding hydrogens is 160 g/mol. The molecular formula is C12H22O. The van der Waals surface area contributed by atoms with Gasteiger partial charge in [-0.2, -0.15) is 0 Å². The zero-order chi connectivity index (χ0) is 9.31. The smallest absolute Gasteiger partial charge is 0.0603 e. The van der Waals surface area contributed by atoms with Crippen LogP contribution in [0.2, 0.25) is 0 Å². The maximum Gasteiger partial charge on any atom is 0.0603 e. The topological polar surface area (TPSA) is 9.23 Å². The molecule has 0 unspecified atom stereocenters. The van der Waals surface area contributed by atoms with Gasteiger partial charge in [-0.25, -0.2) is 0 Å². The van der Waals surface area contributed by atoms with E-state index in [0.29, 0.717) is 11.5 Å². The molecule has 1 heterocycles. The number of rotatable bonds is 0. The van der Waals surface area contributed by atoms with Crippen LogP contribution in [-0.2, 0) is 4.74 Å². The second-order valence-corrected chi connectivity index (χ2v) is 5.16. The van der Waals surface area contributed by atoms with Gasteiger partial charge >= 0.3 is 0 Å². The van der Waals surface area contributed by atoms with Crippen molar-refractivity contribution in [3.8, 4) is 0 Å². The summed E-state index contributed by atoms with van der Waals surface area (Å²) in [6.07, 6.45) is 8.90. The van der Waals surface area contributed by atoms with Crippen LogP contribution in [0.3, 0.4) is 0 Å². The normalized spacial score (nSPS) is 46.6. The molecule has 1 atom stereocenters. The van der Waals surface area contributed by atoms with Crippen molar-refractivity contribution in [3.05, 3.63) is 0 Å². The quantitative estimate of drug-likeness (QED) is 0.558. The van der Waals surface area contributed by atoms with E-state index in [1.54, 1.807) is 0 Å². The Labute approximate surface area is 81.9 Å². The lowest BCUT2D eigenvalue weighted by molar-refractivity contribution is -0.0949. The van der Waals surface area contributed by atoms with Gasteiger partial charge in [-0.3, -0.25) is 0 Å². The molecule has 13 heavy (non-hydrogen) atoms. The van der Waals surface area contributed by atoms with Gasteiger partial charge in [-0.15, -0.1) is 0 Å². The van der Waals surface area contributed by atoms with E-state index in [4.69, 9.17) is 4.74 Å². The minimum Gasteiger partial charge on any atom is -0.378 e. The van der Waals surface area contributed by atoms with Crippen LogP contribution in [0.5, 0.6) is 0 Å². The monoisotopic (exact) mass is 182 g/mol. The van der Waals surface area contributed by atoms with E-state index in [9.17, 15) is 0 Å². The maximum atomic E-state index is 5.81. The molecule has 0 N–H and O–H groups in total. The molecule has 1 heteroatoms. The summed E-state index contributed by atoms with van der Waals surface area (Å²) in [7, 11) is 0. The second-order valence-electron chi connectivity index (χ2n) is 5.16. The minimum absolute atomic E-state index is 0.522. The van der Waals surface area contributed by atoms with Gasteiger partial charge in [0, 0.05) is 6.61 Å². The Morgan fingerprint density at radius 3 is 2.38 bits per heavy atom. The van der Waals surface area contributed by atoms with Gasteiger partial charge in [-0.05, 0) is 43.9 Å². The van der Waals surface area contributed by atoms with Crippen LogP contribution in [0.1, 0.15) is 52.4 Å². The number of hydrogen-bond donors (Lipinski definition) is 0. The summed E-state index contributed by atoms with van der Waals surface area (Å²) in [6, 6.07) is 0. The first-order valence-corrected chi connectivity index (χ1v) is 5.84. The van der Waals surface area contributed by atoms with Crippen LogP contribution >= 0.6 is 0 Å². The first kappa shape index (κ1) is 9.51. The molecule has 0 bridgehead atoms. The van der Waals surface area contributed by atoms with Crippen LogP contribution in [0, 0.1) is 11.3 Å². The van der Waals surface area contributed by atoms with Crippen LogP contribution in [0.25, 0.3) is 0 Å². The molecule has 1 nitrogen and oxygen atoms in total. The molecule has 1 spiro atoms. The van der Waals surface area contributed by atoms with Crippen molar-refractivity contribution >= 4 is 0 Å². The van der Waals surface area contributed by atoms with Crippen LogP contribution in [0.4, 0.5) is 0 Å². The summed E-state index contributed by atoms with van der Waals surface area (Å²) >= 11 is 0. The molecule has 1 saturated heterocycles. The summed E-state index contributed by atoms with van der Waals surface area (Å²) < 4.78 is 5.81. The molecule has 0 radical (unpaired) electrons. The van der Waals surface area contributed by atoms with Crippen LogP contribution in [0.15, 0.2) is 0 Å². The van der Waals surface area contributed by atoms with Crippen molar-refractivity contribution in [2.24, 2.45) is 11.3 Å². The minimum atomic E-state index is 0.522. The Kier molecular flexibility index (Phi) is 2.64. The summed E-state index contributed by atoms with van der Waals surface area (Å²) in [6.45, 7) is 5.68. The highest BCUT2D eigenvalue weighted by molar-refractivity contribution is 4.91.